The first-order chi connectivity index (χ1) is 7.79. The van der Waals surface area contributed by atoms with Gasteiger partial charge in [0.25, 0.3) is 0 Å². The third kappa shape index (κ3) is 3.24. The molecule has 2 atom stereocenters. The second-order valence-corrected chi connectivity index (χ2v) is 5.09. The van der Waals surface area contributed by atoms with Gasteiger partial charge in [0.15, 0.2) is 0 Å². The molecule has 0 aliphatic heterocycles. The van der Waals surface area contributed by atoms with Crippen LogP contribution in [0.1, 0.15) is 19.4 Å². The van der Waals surface area contributed by atoms with Gasteiger partial charge in [-0.15, -0.1) is 0 Å². The SMILES string of the molecule is COC(C)C(C)(O)Cc1c(F)ccc(Br)c1F. The topological polar surface area (TPSA) is 29.5 Å². The van der Waals surface area contributed by atoms with Crippen LogP contribution in [0.2, 0.25) is 0 Å². The minimum absolute atomic E-state index is 0.145. The molecule has 96 valence electrons. The number of aliphatic hydroxyl groups is 1. The molecular weight excluding hydrogens is 294 g/mol. The van der Waals surface area contributed by atoms with Crippen molar-refractivity contribution in [3.8, 4) is 0 Å². The maximum absolute atomic E-state index is 13.7. The van der Waals surface area contributed by atoms with Crippen LogP contribution in [0, 0.1) is 11.6 Å². The fourth-order valence-electron chi connectivity index (χ4n) is 1.49. The van der Waals surface area contributed by atoms with Crippen molar-refractivity contribution < 1.29 is 18.6 Å². The molecule has 0 aromatic heterocycles. The average Bonchev–Trinajstić information content (AvgIpc) is 2.28. The quantitative estimate of drug-likeness (QED) is 0.866. The second kappa shape index (κ2) is 5.42. The van der Waals surface area contributed by atoms with Crippen molar-refractivity contribution in [2.75, 3.05) is 7.11 Å². The smallest absolute Gasteiger partial charge is 0.143 e. The van der Waals surface area contributed by atoms with Crippen molar-refractivity contribution in [1.29, 1.82) is 0 Å². The summed E-state index contributed by atoms with van der Waals surface area (Å²) in [6.07, 6.45) is -0.681. The molecule has 0 aliphatic carbocycles. The Morgan fingerprint density at radius 1 is 1.47 bits per heavy atom. The lowest BCUT2D eigenvalue weighted by atomic mass is 9.91. The van der Waals surface area contributed by atoms with Crippen LogP contribution >= 0.6 is 15.9 Å². The number of ether oxygens (including phenoxy) is 1. The molecule has 0 saturated carbocycles. The summed E-state index contributed by atoms with van der Waals surface area (Å²) >= 11 is 2.99. The highest BCUT2D eigenvalue weighted by molar-refractivity contribution is 9.10. The molecule has 2 unspecified atom stereocenters. The van der Waals surface area contributed by atoms with Crippen molar-refractivity contribution in [2.45, 2.75) is 32.0 Å². The highest BCUT2D eigenvalue weighted by atomic mass is 79.9. The lowest BCUT2D eigenvalue weighted by Gasteiger charge is -2.29. The monoisotopic (exact) mass is 308 g/mol. The van der Waals surface area contributed by atoms with Crippen LogP contribution in [-0.4, -0.2) is 23.9 Å². The van der Waals surface area contributed by atoms with Gasteiger partial charge in [-0.25, -0.2) is 8.78 Å². The predicted octanol–water partition coefficient (Wildman–Crippen LogP) is 3.06. The summed E-state index contributed by atoms with van der Waals surface area (Å²) in [5.74, 6) is -1.36. The molecule has 1 aromatic carbocycles. The third-order valence-electron chi connectivity index (χ3n) is 2.90. The highest BCUT2D eigenvalue weighted by Gasteiger charge is 2.31. The average molecular weight is 309 g/mol. The molecule has 5 heteroatoms. The zero-order chi connectivity index (χ0) is 13.2. The van der Waals surface area contributed by atoms with E-state index in [1.165, 1.54) is 20.1 Å². The molecular formula is C12H15BrF2O2. The van der Waals surface area contributed by atoms with E-state index in [1.54, 1.807) is 6.92 Å². The van der Waals surface area contributed by atoms with Crippen LogP contribution in [0.25, 0.3) is 0 Å². The number of hydrogen-bond donors (Lipinski definition) is 1. The van der Waals surface area contributed by atoms with Gasteiger partial charge < -0.3 is 9.84 Å². The van der Waals surface area contributed by atoms with Gasteiger partial charge in [0.05, 0.1) is 16.2 Å². The number of rotatable bonds is 4. The molecule has 1 N–H and O–H groups in total. The van der Waals surface area contributed by atoms with E-state index in [4.69, 9.17) is 4.74 Å². The fraction of sp³-hybridized carbons (Fsp3) is 0.500. The maximum Gasteiger partial charge on any atom is 0.143 e. The van der Waals surface area contributed by atoms with E-state index in [1.807, 2.05) is 0 Å². The normalized spacial score (nSPS) is 16.6. The number of benzene rings is 1. The van der Waals surface area contributed by atoms with Gasteiger partial charge in [-0.2, -0.15) is 0 Å². The third-order valence-corrected chi connectivity index (χ3v) is 3.52. The Morgan fingerprint density at radius 3 is 2.59 bits per heavy atom. The van der Waals surface area contributed by atoms with Crippen LogP contribution in [0.15, 0.2) is 16.6 Å². The Kier molecular flexibility index (Phi) is 4.63. The van der Waals surface area contributed by atoms with Crippen LogP contribution in [0.5, 0.6) is 0 Å². The summed E-state index contributed by atoms with van der Waals surface area (Å²) in [5, 5.41) is 10.1. The molecule has 0 radical (unpaired) electrons. The Labute approximate surface area is 108 Å². The van der Waals surface area contributed by atoms with Crippen molar-refractivity contribution in [3.63, 3.8) is 0 Å². The van der Waals surface area contributed by atoms with Crippen LogP contribution in [0.3, 0.4) is 0 Å². The van der Waals surface area contributed by atoms with Crippen molar-refractivity contribution in [1.82, 2.24) is 0 Å². The largest absolute Gasteiger partial charge is 0.387 e. The Bertz CT molecular complexity index is 408. The maximum atomic E-state index is 13.7. The molecule has 0 spiro atoms. The van der Waals surface area contributed by atoms with Crippen LogP contribution in [0.4, 0.5) is 8.78 Å². The van der Waals surface area contributed by atoms with Gasteiger partial charge in [-0.1, -0.05) is 0 Å². The molecule has 0 aliphatic rings. The van der Waals surface area contributed by atoms with E-state index in [0.29, 0.717) is 0 Å². The second-order valence-electron chi connectivity index (χ2n) is 4.23. The van der Waals surface area contributed by atoms with Crippen molar-refractivity contribution in [2.24, 2.45) is 0 Å². The standard InChI is InChI=1S/C12H15BrF2O2/c1-7(17-3)12(2,16)6-8-10(14)5-4-9(13)11(8)15/h4-5,7,16H,6H2,1-3H3. The first-order valence-corrected chi connectivity index (χ1v) is 5.96. The summed E-state index contributed by atoms with van der Waals surface area (Å²) in [5.41, 5.74) is -1.48. The zero-order valence-electron chi connectivity index (χ0n) is 9.93. The Morgan fingerprint density at radius 2 is 2.06 bits per heavy atom. The van der Waals surface area contributed by atoms with E-state index in [2.05, 4.69) is 15.9 Å². The van der Waals surface area contributed by atoms with Gasteiger partial charge in [-0.3, -0.25) is 0 Å². The molecule has 1 rings (SSSR count). The molecule has 0 heterocycles. The molecule has 0 amide bonds. The number of methoxy groups -OCH3 is 1. The van der Waals surface area contributed by atoms with Gasteiger partial charge in [-0.05, 0) is 41.9 Å². The Balaban J connectivity index is 3.07. The van der Waals surface area contributed by atoms with Gasteiger partial charge >= 0.3 is 0 Å². The van der Waals surface area contributed by atoms with Gasteiger partial charge in [0.1, 0.15) is 11.6 Å². The van der Waals surface area contributed by atoms with E-state index in [-0.39, 0.29) is 16.5 Å². The lowest BCUT2D eigenvalue weighted by Crippen LogP contribution is -2.41. The summed E-state index contributed by atoms with van der Waals surface area (Å²) < 4.78 is 32.4. The first-order valence-electron chi connectivity index (χ1n) is 5.17. The van der Waals surface area contributed by atoms with Gasteiger partial charge in [0, 0.05) is 19.1 Å². The van der Waals surface area contributed by atoms with E-state index >= 15 is 0 Å². The summed E-state index contributed by atoms with van der Waals surface area (Å²) in [4.78, 5) is 0. The van der Waals surface area contributed by atoms with Crippen LogP contribution in [-0.2, 0) is 11.2 Å². The molecule has 17 heavy (non-hydrogen) atoms. The zero-order valence-corrected chi connectivity index (χ0v) is 11.5. The summed E-state index contributed by atoms with van der Waals surface area (Å²) in [6, 6.07) is 2.46. The van der Waals surface area contributed by atoms with E-state index < -0.39 is 23.3 Å². The molecule has 0 fully saturated rings. The fourth-order valence-corrected chi connectivity index (χ4v) is 1.86. The van der Waals surface area contributed by atoms with Crippen molar-refractivity contribution in [3.05, 3.63) is 33.8 Å². The van der Waals surface area contributed by atoms with Crippen molar-refractivity contribution >= 4 is 15.9 Å². The molecule has 0 bridgehead atoms. The molecule has 0 saturated heterocycles. The Hall–Kier alpha value is -0.520. The van der Waals surface area contributed by atoms with E-state index in [0.717, 1.165) is 6.07 Å². The lowest BCUT2D eigenvalue weighted by molar-refractivity contribution is -0.0723. The minimum Gasteiger partial charge on any atom is -0.387 e. The number of hydrogen-bond acceptors (Lipinski definition) is 2. The summed E-state index contributed by atoms with van der Waals surface area (Å²) in [6.45, 7) is 3.13. The highest BCUT2D eigenvalue weighted by Crippen LogP contribution is 2.27. The minimum atomic E-state index is -1.34. The van der Waals surface area contributed by atoms with Gasteiger partial charge in [0.2, 0.25) is 0 Å². The molecule has 1 aromatic rings. The first kappa shape index (κ1) is 14.5. The predicted molar refractivity (Wildman–Crippen MR) is 64.9 cm³/mol. The van der Waals surface area contributed by atoms with Crippen LogP contribution < -0.4 is 0 Å². The summed E-state index contributed by atoms with van der Waals surface area (Å²) in [7, 11) is 1.44. The van der Waals surface area contributed by atoms with E-state index in [9.17, 15) is 13.9 Å². The molecule has 2 nitrogen and oxygen atoms in total. The number of halogens is 3.